The van der Waals surface area contributed by atoms with Crippen LogP contribution in [0, 0.1) is 17.1 Å². The van der Waals surface area contributed by atoms with Crippen LogP contribution < -0.4 is 15.4 Å². The lowest BCUT2D eigenvalue weighted by Crippen LogP contribution is -2.40. The molecule has 0 amide bonds. The van der Waals surface area contributed by atoms with E-state index in [1.54, 1.807) is 12.3 Å². The van der Waals surface area contributed by atoms with Crippen molar-refractivity contribution < 1.29 is 18.7 Å². The van der Waals surface area contributed by atoms with Crippen molar-refractivity contribution in [2.24, 2.45) is 0 Å². The summed E-state index contributed by atoms with van der Waals surface area (Å²) in [5.41, 5.74) is 4.91. The molecule has 2 heterocycles. The number of anilines is 3. The van der Waals surface area contributed by atoms with Crippen molar-refractivity contribution in [3.8, 4) is 23.1 Å². The van der Waals surface area contributed by atoms with Crippen LogP contribution >= 0.6 is 0 Å². The lowest BCUT2D eigenvalue weighted by molar-refractivity contribution is 0.303. The van der Waals surface area contributed by atoms with Crippen molar-refractivity contribution >= 4 is 34.0 Å². The molecule has 0 spiro atoms. The van der Waals surface area contributed by atoms with E-state index in [0.717, 1.165) is 42.5 Å². The predicted octanol–water partition coefficient (Wildman–Crippen LogP) is 8.79. The maximum absolute atomic E-state index is 15.4. The zero-order valence-electron chi connectivity index (χ0n) is 30.0. The highest BCUT2D eigenvalue weighted by Gasteiger charge is 2.42. The summed E-state index contributed by atoms with van der Waals surface area (Å²) in [6.07, 6.45) is 6.48. The summed E-state index contributed by atoms with van der Waals surface area (Å²) < 4.78 is 21.5. The summed E-state index contributed by atoms with van der Waals surface area (Å²) >= 11 is 0. The molecular formula is C37H52FN5O3Si2. The van der Waals surface area contributed by atoms with Gasteiger partial charge in [-0.25, -0.2) is 14.4 Å². The van der Waals surface area contributed by atoms with Crippen molar-refractivity contribution in [2.45, 2.75) is 121 Å². The second kappa shape index (κ2) is 12.9. The van der Waals surface area contributed by atoms with Gasteiger partial charge in [0.05, 0.1) is 28.7 Å². The summed E-state index contributed by atoms with van der Waals surface area (Å²) in [4.78, 5) is 31.0. The van der Waals surface area contributed by atoms with Crippen molar-refractivity contribution in [1.82, 2.24) is 9.97 Å². The van der Waals surface area contributed by atoms with E-state index in [-0.39, 0.29) is 27.4 Å². The Morgan fingerprint density at radius 3 is 2.35 bits per heavy atom. The molecule has 2 aromatic carbocycles. The first-order chi connectivity index (χ1) is 22.2. The van der Waals surface area contributed by atoms with Gasteiger partial charge in [0.25, 0.3) is 0 Å². The number of hydrogen-bond donors (Lipinski definition) is 4. The third kappa shape index (κ3) is 7.62. The van der Waals surface area contributed by atoms with Gasteiger partial charge in [0.2, 0.25) is 5.95 Å². The molecule has 0 saturated heterocycles. The highest BCUT2D eigenvalue weighted by molar-refractivity contribution is 6.73. The van der Waals surface area contributed by atoms with Crippen LogP contribution in [0.25, 0.3) is 11.3 Å². The summed E-state index contributed by atoms with van der Waals surface area (Å²) in [5.74, 6) is 0.435. The molecule has 4 N–H and O–H groups in total. The van der Waals surface area contributed by atoms with Crippen LogP contribution in [0.3, 0.4) is 0 Å². The van der Waals surface area contributed by atoms with E-state index in [2.05, 4.69) is 48.5 Å². The monoisotopic (exact) mass is 689 g/mol. The van der Waals surface area contributed by atoms with Crippen molar-refractivity contribution in [3.63, 3.8) is 0 Å². The Labute approximate surface area is 287 Å². The van der Waals surface area contributed by atoms with Crippen molar-refractivity contribution in [2.75, 3.05) is 17.2 Å². The molecule has 0 unspecified atom stereocenters. The lowest BCUT2D eigenvalue weighted by atomic mass is 9.77. The molecule has 1 aliphatic carbocycles. The fraction of sp³-hybridized carbons (Fsp3) is 0.541. The minimum atomic E-state index is -2.45. The molecule has 1 atom stereocenters. The van der Waals surface area contributed by atoms with Gasteiger partial charge in [0.1, 0.15) is 17.6 Å². The maximum atomic E-state index is 15.4. The van der Waals surface area contributed by atoms with Crippen LogP contribution in [0.15, 0.2) is 36.5 Å². The van der Waals surface area contributed by atoms with Crippen molar-refractivity contribution in [3.05, 3.63) is 59.0 Å². The Morgan fingerprint density at radius 1 is 1.06 bits per heavy atom. The minimum Gasteiger partial charge on any atom is -0.488 e. The molecule has 3 aromatic rings. The second-order valence-electron chi connectivity index (χ2n) is 16.5. The lowest BCUT2D eigenvalue weighted by Gasteiger charge is -2.38. The minimum absolute atomic E-state index is 0.0679. The fourth-order valence-electron chi connectivity index (χ4n) is 5.85. The molecule has 0 bridgehead atoms. The zero-order valence-corrected chi connectivity index (χ0v) is 32.0. The van der Waals surface area contributed by atoms with E-state index >= 15 is 4.39 Å². The van der Waals surface area contributed by atoms with Gasteiger partial charge in [-0.3, -0.25) is 0 Å². The number of hydrogen-bond acceptors (Lipinski definition) is 8. The Balaban J connectivity index is 1.45. The van der Waals surface area contributed by atoms with E-state index in [1.807, 2.05) is 52.2 Å². The van der Waals surface area contributed by atoms with E-state index in [0.29, 0.717) is 53.6 Å². The maximum Gasteiger partial charge on any atom is 0.227 e. The van der Waals surface area contributed by atoms with Gasteiger partial charge in [0, 0.05) is 29.8 Å². The summed E-state index contributed by atoms with van der Waals surface area (Å²) in [6.45, 7) is 19.2. The summed E-state index contributed by atoms with van der Waals surface area (Å²) in [6, 6.07) is 11.4. The van der Waals surface area contributed by atoms with Crippen molar-refractivity contribution in [1.29, 1.82) is 5.26 Å². The van der Waals surface area contributed by atoms with Gasteiger partial charge < -0.3 is 25.0 Å². The highest BCUT2D eigenvalue weighted by Crippen LogP contribution is 2.48. The molecule has 5 rings (SSSR count). The van der Waals surface area contributed by atoms with E-state index in [1.165, 1.54) is 6.07 Å². The van der Waals surface area contributed by atoms with Crippen LogP contribution in [-0.4, -0.2) is 48.8 Å². The average molecular weight is 690 g/mol. The standard InChI is InChI=1S/C37H52FN5O3Si2/c1-35(2,47(6,7)44)14-12-24-20-31(32(21-29(24)38)46-27-10-11-27)43-34-40-17-13-30(42-34)25-18-26(22-39)33-28(19-25)37(5,23-41-33)16-15-36(3,4)48(8,9)45/h13,17-21,27,41,44-45H,10-12,14-16,23H2,1-9H3,(H,40,42,43)/t37-/m0/s1. The number of benzene rings is 2. The van der Waals surface area contributed by atoms with Crippen LogP contribution in [-0.2, 0) is 11.8 Å². The van der Waals surface area contributed by atoms with Crippen LogP contribution in [0.5, 0.6) is 5.75 Å². The average Bonchev–Trinajstić information content (AvgIpc) is 3.76. The third-order valence-electron chi connectivity index (χ3n) is 11.4. The molecule has 11 heteroatoms. The van der Waals surface area contributed by atoms with Crippen LogP contribution in [0.1, 0.15) is 83.4 Å². The van der Waals surface area contributed by atoms with Gasteiger partial charge in [-0.2, -0.15) is 5.26 Å². The summed E-state index contributed by atoms with van der Waals surface area (Å²) in [5, 5.41) is 16.5. The highest BCUT2D eigenvalue weighted by atomic mass is 28.4. The number of nitrogens with one attached hydrogen (secondary N) is 2. The van der Waals surface area contributed by atoms with Gasteiger partial charge in [0.15, 0.2) is 16.6 Å². The van der Waals surface area contributed by atoms with Gasteiger partial charge in [-0.05, 0) is 110 Å². The second-order valence-corrected chi connectivity index (χ2v) is 25.4. The number of rotatable bonds is 13. The van der Waals surface area contributed by atoms with E-state index in [9.17, 15) is 14.9 Å². The normalized spacial score (nSPS) is 18.2. The largest absolute Gasteiger partial charge is 0.488 e. The Hall–Kier alpha value is -3.31. The number of nitrogens with zero attached hydrogens (tertiary/aromatic N) is 3. The molecule has 1 aromatic heterocycles. The number of fused-ring (bicyclic) bond motifs is 1. The first kappa shape index (κ1) is 36.0. The van der Waals surface area contributed by atoms with Crippen LogP contribution in [0.2, 0.25) is 36.3 Å². The first-order valence-corrected chi connectivity index (χ1v) is 23.0. The number of ether oxygens (including phenoxy) is 1. The topological polar surface area (TPSA) is 123 Å². The molecule has 8 nitrogen and oxygen atoms in total. The Bertz CT molecular complexity index is 1720. The number of aromatic nitrogens is 2. The van der Waals surface area contributed by atoms with Gasteiger partial charge in [-0.15, -0.1) is 0 Å². The molecular weight excluding hydrogens is 638 g/mol. The molecule has 2 aliphatic rings. The predicted molar refractivity (Wildman–Crippen MR) is 196 cm³/mol. The number of halogens is 1. The third-order valence-corrected chi connectivity index (χ3v) is 18.5. The first-order valence-electron chi connectivity index (χ1n) is 17.1. The Morgan fingerprint density at radius 2 is 1.73 bits per heavy atom. The van der Waals surface area contributed by atoms with E-state index < -0.39 is 16.6 Å². The molecule has 1 aliphatic heterocycles. The SMILES string of the molecule is CC(C)(CCc1cc(Nc2nccc(-c3cc(C#N)c4c(c3)[C@@](C)(CCC(C)(C)[Si](C)(C)O)CN4)n2)c(OC2CC2)cc1F)[Si](C)(C)O. The molecule has 48 heavy (non-hydrogen) atoms. The number of aryl methyl sites for hydroxylation is 1. The van der Waals surface area contributed by atoms with Gasteiger partial charge >= 0.3 is 0 Å². The quantitative estimate of drug-likeness (QED) is 0.131. The molecule has 0 radical (unpaired) electrons. The van der Waals surface area contributed by atoms with E-state index in [4.69, 9.17) is 9.72 Å². The Kier molecular flexibility index (Phi) is 9.64. The molecule has 258 valence electrons. The summed E-state index contributed by atoms with van der Waals surface area (Å²) in [7, 11) is -4.83. The van der Waals surface area contributed by atoms with Crippen LogP contribution in [0.4, 0.5) is 21.7 Å². The van der Waals surface area contributed by atoms with Gasteiger partial charge in [-0.1, -0.05) is 34.6 Å². The fourth-order valence-corrected chi connectivity index (χ4v) is 7.32. The number of nitriles is 1. The smallest absolute Gasteiger partial charge is 0.227 e. The zero-order chi connectivity index (χ0) is 35.3. The molecule has 1 saturated carbocycles. The molecule has 1 fully saturated rings.